The van der Waals surface area contributed by atoms with E-state index in [1.165, 1.54) is 13.2 Å². The Labute approximate surface area is 95.7 Å². The third-order valence-corrected chi connectivity index (χ3v) is 2.45. The van der Waals surface area contributed by atoms with Crippen molar-refractivity contribution in [3.05, 3.63) is 28.5 Å². The van der Waals surface area contributed by atoms with Gasteiger partial charge in [-0.25, -0.2) is 4.39 Å². The van der Waals surface area contributed by atoms with E-state index in [0.717, 1.165) is 0 Å². The molecule has 0 aliphatic carbocycles. The molecule has 0 saturated carbocycles. The summed E-state index contributed by atoms with van der Waals surface area (Å²) < 4.78 is 17.9. The van der Waals surface area contributed by atoms with Crippen LogP contribution in [-0.4, -0.2) is 19.6 Å². The monoisotopic (exact) mass is 275 g/mol. The minimum Gasteiger partial charge on any atom is -0.469 e. The first-order valence-electron chi connectivity index (χ1n) is 4.39. The number of methoxy groups -OCH3 is 1. The van der Waals surface area contributed by atoms with Gasteiger partial charge < -0.3 is 10.1 Å². The molecule has 0 atom stereocenters. The van der Waals surface area contributed by atoms with Crippen LogP contribution in [0.3, 0.4) is 0 Å². The number of anilines is 1. The zero-order valence-corrected chi connectivity index (χ0v) is 9.80. The van der Waals surface area contributed by atoms with E-state index in [4.69, 9.17) is 0 Å². The Morgan fingerprint density at radius 1 is 1.60 bits per heavy atom. The smallest absolute Gasteiger partial charge is 0.307 e. The predicted molar refractivity (Wildman–Crippen MR) is 59.2 cm³/mol. The van der Waals surface area contributed by atoms with Crippen LogP contribution in [0.1, 0.15) is 6.42 Å². The number of benzene rings is 1. The highest BCUT2D eigenvalue weighted by molar-refractivity contribution is 9.10. The molecule has 0 spiro atoms. The van der Waals surface area contributed by atoms with Gasteiger partial charge in [-0.2, -0.15) is 0 Å². The highest BCUT2D eigenvalue weighted by Crippen LogP contribution is 2.19. The maximum absolute atomic E-state index is 13.1. The molecule has 0 bridgehead atoms. The normalized spacial score (nSPS) is 9.80. The van der Waals surface area contributed by atoms with Crippen LogP contribution in [0.15, 0.2) is 22.7 Å². The Kier molecular flexibility index (Phi) is 4.55. The number of carbonyl (C=O) groups is 1. The molecule has 0 saturated heterocycles. The minimum absolute atomic E-state index is 0.258. The van der Waals surface area contributed by atoms with Crippen LogP contribution in [0.25, 0.3) is 0 Å². The molecule has 0 heterocycles. The predicted octanol–water partition coefficient (Wildman–Crippen LogP) is 2.56. The van der Waals surface area contributed by atoms with Crippen LogP contribution in [0.2, 0.25) is 0 Å². The van der Waals surface area contributed by atoms with E-state index in [1.807, 2.05) is 0 Å². The van der Waals surface area contributed by atoms with Gasteiger partial charge in [0.2, 0.25) is 0 Å². The maximum Gasteiger partial charge on any atom is 0.307 e. The van der Waals surface area contributed by atoms with E-state index in [9.17, 15) is 9.18 Å². The van der Waals surface area contributed by atoms with Crippen LogP contribution in [-0.2, 0) is 9.53 Å². The lowest BCUT2D eigenvalue weighted by molar-refractivity contribution is -0.140. The molecule has 3 nitrogen and oxygen atoms in total. The number of halogens is 2. The van der Waals surface area contributed by atoms with Gasteiger partial charge in [0.05, 0.1) is 18.0 Å². The van der Waals surface area contributed by atoms with Crippen molar-refractivity contribution in [3.8, 4) is 0 Å². The first-order chi connectivity index (χ1) is 7.13. The summed E-state index contributed by atoms with van der Waals surface area (Å²) in [7, 11) is 1.33. The molecule has 0 aliphatic rings. The molecule has 0 radical (unpaired) electrons. The van der Waals surface area contributed by atoms with Crippen molar-refractivity contribution in [2.45, 2.75) is 6.42 Å². The second-order valence-electron chi connectivity index (χ2n) is 2.88. The average Bonchev–Trinajstić information content (AvgIpc) is 2.23. The lowest BCUT2D eigenvalue weighted by Gasteiger charge is -2.05. The molecule has 0 fully saturated rings. The van der Waals surface area contributed by atoms with Crippen molar-refractivity contribution >= 4 is 27.6 Å². The van der Waals surface area contributed by atoms with Gasteiger partial charge in [0.25, 0.3) is 0 Å². The van der Waals surface area contributed by atoms with Gasteiger partial charge in [-0.05, 0) is 34.1 Å². The average molecular weight is 276 g/mol. The third-order valence-electron chi connectivity index (χ3n) is 1.81. The molecule has 15 heavy (non-hydrogen) atoms. The van der Waals surface area contributed by atoms with E-state index in [-0.39, 0.29) is 18.2 Å². The van der Waals surface area contributed by atoms with E-state index in [0.29, 0.717) is 16.7 Å². The number of carbonyl (C=O) groups excluding carboxylic acids is 1. The van der Waals surface area contributed by atoms with Gasteiger partial charge in [0.1, 0.15) is 5.82 Å². The van der Waals surface area contributed by atoms with E-state index < -0.39 is 0 Å². The largest absolute Gasteiger partial charge is 0.469 e. The van der Waals surface area contributed by atoms with Crippen LogP contribution in [0, 0.1) is 5.82 Å². The molecule has 0 unspecified atom stereocenters. The Hall–Kier alpha value is -1.10. The molecule has 5 heteroatoms. The lowest BCUT2D eigenvalue weighted by atomic mass is 10.3. The van der Waals surface area contributed by atoms with Gasteiger partial charge in [-0.1, -0.05) is 0 Å². The van der Waals surface area contributed by atoms with Gasteiger partial charge >= 0.3 is 5.97 Å². The van der Waals surface area contributed by atoms with Crippen LogP contribution < -0.4 is 5.32 Å². The second kappa shape index (κ2) is 5.70. The SMILES string of the molecule is COC(=O)CCNc1ccc(Br)c(F)c1. The molecule has 0 aromatic heterocycles. The Morgan fingerprint density at radius 2 is 2.33 bits per heavy atom. The van der Waals surface area contributed by atoms with Crippen molar-refractivity contribution < 1.29 is 13.9 Å². The fourth-order valence-corrected chi connectivity index (χ4v) is 1.26. The standard InChI is InChI=1S/C10H11BrFNO2/c1-15-10(14)4-5-13-7-2-3-8(11)9(12)6-7/h2-3,6,13H,4-5H2,1H3. The van der Waals surface area contributed by atoms with Crippen molar-refractivity contribution in [2.75, 3.05) is 19.0 Å². The van der Waals surface area contributed by atoms with E-state index in [1.54, 1.807) is 12.1 Å². The number of esters is 1. The first kappa shape index (κ1) is 12.0. The van der Waals surface area contributed by atoms with E-state index >= 15 is 0 Å². The highest BCUT2D eigenvalue weighted by atomic mass is 79.9. The van der Waals surface area contributed by atoms with Gasteiger partial charge in [0.15, 0.2) is 0 Å². The number of rotatable bonds is 4. The molecule has 1 rings (SSSR count). The fourth-order valence-electron chi connectivity index (χ4n) is 1.02. The first-order valence-corrected chi connectivity index (χ1v) is 5.18. The summed E-state index contributed by atoms with van der Waals surface area (Å²) in [5, 5.41) is 2.92. The molecule has 0 aliphatic heterocycles. The van der Waals surface area contributed by atoms with Crippen LogP contribution in [0.4, 0.5) is 10.1 Å². The summed E-state index contributed by atoms with van der Waals surface area (Å²) in [6, 6.07) is 4.70. The highest BCUT2D eigenvalue weighted by Gasteiger charge is 2.02. The summed E-state index contributed by atoms with van der Waals surface area (Å²) >= 11 is 3.06. The van der Waals surface area contributed by atoms with Crippen molar-refractivity contribution in [3.63, 3.8) is 0 Å². The molecule has 0 amide bonds. The van der Waals surface area contributed by atoms with Gasteiger partial charge in [0, 0.05) is 12.2 Å². The molecule has 1 aromatic carbocycles. The molecular formula is C10H11BrFNO2. The second-order valence-corrected chi connectivity index (χ2v) is 3.74. The summed E-state index contributed by atoms with van der Waals surface area (Å²) in [6.45, 7) is 0.424. The Balaban J connectivity index is 2.44. The number of hydrogen-bond acceptors (Lipinski definition) is 3. The van der Waals surface area contributed by atoms with Crippen LogP contribution in [0.5, 0.6) is 0 Å². The number of ether oxygens (including phenoxy) is 1. The fraction of sp³-hybridized carbons (Fsp3) is 0.300. The Bertz CT molecular complexity index is 357. The molecule has 82 valence electrons. The third kappa shape index (κ3) is 3.87. The number of nitrogens with one attached hydrogen (secondary N) is 1. The van der Waals surface area contributed by atoms with Crippen molar-refractivity contribution in [1.29, 1.82) is 0 Å². The summed E-state index contributed by atoms with van der Waals surface area (Å²) in [5.74, 6) is -0.627. The summed E-state index contributed by atoms with van der Waals surface area (Å²) in [6.07, 6.45) is 0.258. The van der Waals surface area contributed by atoms with Gasteiger partial charge in [-0.15, -0.1) is 0 Å². The van der Waals surface area contributed by atoms with Crippen molar-refractivity contribution in [1.82, 2.24) is 0 Å². The zero-order chi connectivity index (χ0) is 11.3. The molecular weight excluding hydrogens is 265 g/mol. The van der Waals surface area contributed by atoms with Gasteiger partial charge in [-0.3, -0.25) is 4.79 Å². The Morgan fingerprint density at radius 3 is 2.93 bits per heavy atom. The summed E-state index contributed by atoms with van der Waals surface area (Å²) in [5.41, 5.74) is 0.639. The van der Waals surface area contributed by atoms with E-state index in [2.05, 4.69) is 26.0 Å². The number of hydrogen-bond donors (Lipinski definition) is 1. The minimum atomic E-state index is -0.335. The lowest BCUT2D eigenvalue weighted by Crippen LogP contribution is -2.09. The molecule has 1 aromatic rings. The quantitative estimate of drug-likeness (QED) is 0.859. The topological polar surface area (TPSA) is 38.3 Å². The summed E-state index contributed by atoms with van der Waals surface area (Å²) in [4.78, 5) is 10.8. The molecule has 1 N–H and O–H groups in total. The maximum atomic E-state index is 13.1. The van der Waals surface area contributed by atoms with Crippen molar-refractivity contribution in [2.24, 2.45) is 0 Å². The van der Waals surface area contributed by atoms with Crippen LogP contribution >= 0.6 is 15.9 Å². The zero-order valence-electron chi connectivity index (χ0n) is 8.22.